The fourth-order valence-corrected chi connectivity index (χ4v) is 2.09. The van der Waals surface area contributed by atoms with Gasteiger partial charge in [0, 0.05) is 24.3 Å². The van der Waals surface area contributed by atoms with Gasteiger partial charge in [-0.3, -0.25) is 9.36 Å². The van der Waals surface area contributed by atoms with Crippen molar-refractivity contribution in [2.75, 3.05) is 5.32 Å². The van der Waals surface area contributed by atoms with Crippen molar-refractivity contribution in [2.24, 2.45) is 0 Å². The number of nitrogens with one attached hydrogen (secondary N) is 1. The lowest BCUT2D eigenvalue weighted by molar-refractivity contribution is 0.102. The van der Waals surface area contributed by atoms with Gasteiger partial charge in [-0.05, 0) is 36.2 Å². The molecular weight excluding hydrogens is 276 g/mol. The third-order valence-corrected chi connectivity index (χ3v) is 3.40. The van der Waals surface area contributed by atoms with Crippen LogP contribution in [0.2, 0.25) is 0 Å². The number of amides is 1. The number of pyridine rings is 1. The first-order valence-electron chi connectivity index (χ1n) is 7.11. The minimum absolute atomic E-state index is 0.172. The fraction of sp³-hybridized carbons (Fsp3) is 0.118. The molecule has 2 heterocycles. The van der Waals surface area contributed by atoms with E-state index in [1.54, 1.807) is 41.6 Å². The van der Waals surface area contributed by atoms with Gasteiger partial charge in [0.25, 0.3) is 5.91 Å². The Labute approximate surface area is 128 Å². The normalized spacial score (nSPS) is 10.4. The highest BCUT2D eigenvalue weighted by Gasteiger charge is 2.07. The molecule has 0 radical (unpaired) electrons. The molecule has 0 aliphatic rings. The van der Waals surface area contributed by atoms with Crippen molar-refractivity contribution in [1.29, 1.82) is 0 Å². The maximum atomic E-state index is 12.2. The first-order valence-corrected chi connectivity index (χ1v) is 7.11. The van der Waals surface area contributed by atoms with E-state index in [4.69, 9.17) is 0 Å². The zero-order valence-electron chi connectivity index (χ0n) is 12.2. The van der Waals surface area contributed by atoms with Gasteiger partial charge in [0.15, 0.2) is 0 Å². The summed E-state index contributed by atoms with van der Waals surface area (Å²) >= 11 is 0. The van der Waals surface area contributed by atoms with Crippen molar-refractivity contribution in [3.05, 3.63) is 72.4 Å². The molecule has 5 heteroatoms. The van der Waals surface area contributed by atoms with Crippen LogP contribution >= 0.6 is 0 Å². The molecule has 0 spiro atoms. The second-order valence-corrected chi connectivity index (χ2v) is 4.88. The van der Waals surface area contributed by atoms with E-state index < -0.39 is 0 Å². The van der Waals surface area contributed by atoms with Crippen LogP contribution in [0.3, 0.4) is 0 Å². The molecule has 1 N–H and O–H groups in total. The molecule has 0 bridgehead atoms. The summed E-state index contributed by atoms with van der Waals surface area (Å²) in [7, 11) is 0. The van der Waals surface area contributed by atoms with E-state index in [-0.39, 0.29) is 5.91 Å². The predicted octanol–water partition coefficient (Wildman–Crippen LogP) is 3.08. The largest absolute Gasteiger partial charge is 0.322 e. The quantitative estimate of drug-likeness (QED) is 0.804. The van der Waals surface area contributed by atoms with Crippen LogP contribution in [0.15, 0.2) is 61.3 Å². The highest BCUT2D eigenvalue weighted by atomic mass is 16.1. The van der Waals surface area contributed by atoms with Crippen molar-refractivity contribution in [1.82, 2.24) is 14.5 Å². The Morgan fingerprint density at radius 2 is 2.00 bits per heavy atom. The number of rotatable bonds is 4. The van der Waals surface area contributed by atoms with Crippen LogP contribution in [0, 0.1) is 0 Å². The highest BCUT2D eigenvalue weighted by Crippen LogP contribution is 2.12. The fourth-order valence-electron chi connectivity index (χ4n) is 2.09. The van der Waals surface area contributed by atoms with Crippen molar-refractivity contribution in [3.8, 4) is 5.82 Å². The Morgan fingerprint density at radius 1 is 1.18 bits per heavy atom. The number of hydrogen-bond donors (Lipinski definition) is 1. The summed E-state index contributed by atoms with van der Waals surface area (Å²) in [6, 6.07) is 11.4. The zero-order valence-corrected chi connectivity index (χ0v) is 12.2. The van der Waals surface area contributed by atoms with Gasteiger partial charge < -0.3 is 5.32 Å². The maximum Gasteiger partial charge on any atom is 0.257 e. The summed E-state index contributed by atoms with van der Waals surface area (Å²) in [5.74, 6) is 0.551. The lowest BCUT2D eigenvalue weighted by Crippen LogP contribution is -2.12. The van der Waals surface area contributed by atoms with E-state index in [1.165, 1.54) is 5.56 Å². The van der Waals surface area contributed by atoms with E-state index >= 15 is 0 Å². The topological polar surface area (TPSA) is 59.8 Å². The molecule has 110 valence electrons. The second-order valence-electron chi connectivity index (χ2n) is 4.88. The average Bonchev–Trinajstić information content (AvgIpc) is 3.10. The first-order chi connectivity index (χ1) is 10.8. The molecule has 0 atom stereocenters. The van der Waals surface area contributed by atoms with Gasteiger partial charge in [0.1, 0.15) is 12.1 Å². The summed E-state index contributed by atoms with van der Waals surface area (Å²) in [5.41, 5.74) is 2.54. The van der Waals surface area contributed by atoms with Gasteiger partial charge in [-0.2, -0.15) is 0 Å². The summed E-state index contributed by atoms with van der Waals surface area (Å²) in [5, 5.41) is 2.87. The van der Waals surface area contributed by atoms with Gasteiger partial charge in [-0.1, -0.05) is 19.1 Å². The predicted molar refractivity (Wildman–Crippen MR) is 85.1 cm³/mol. The Balaban J connectivity index is 1.71. The number of benzene rings is 1. The lowest BCUT2D eigenvalue weighted by atomic mass is 10.1. The third-order valence-electron chi connectivity index (χ3n) is 3.40. The SMILES string of the molecule is CCc1ccc(NC(=O)c2ccc(-n3ccnc3)nc2)cc1. The van der Waals surface area contributed by atoms with Crippen LogP contribution in [0.1, 0.15) is 22.8 Å². The van der Waals surface area contributed by atoms with Gasteiger partial charge in [-0.25, -0.2) is 9.97 Å². The van der Waals surface area contributed by atoms with Gasteiger partial charge >= 0.3 is 0 Å². The van der Waals surface area contributed by atoms with Crippen LogP contribution in [0.25, 0.3) is 5.82 Å². The molecule has 2 aromatic heterocycles. The van der Waals surface area contributed by atoms with Crippen molar-refractivity contribution < 1.29 is 4.79 Å². The molecule has 5 nitrogen and oxygen atoms in total. The standard InChI is InChI=1S/C17H16N4O/c1-2-13-3-6-15(7-4-13)20-17(22)14-5-8-16(19-11-14)21-10-9-18-12-21/h3-12H,2H2,1H3,(H,20,22). The number of aromatic nitrogens is 3. The summed E-state index contributed by atoms with van der Waals surface area (Å²) in [4.78, 5) is 20.4. The molecule has 1 aromatic carbocycles. The number of carbonyl (C=O) groups is 1. The smallest absolute Gasteiger partial charge is 0.257 e. The van der Waals surface area contributed by atoms with Crippen molar-refractivity contribution in [3.63, 3.8) is 0 Å². The Morgan fingerprint density at radius 3 is 2.59 bits per heavy atom. The Kier molecular flexibility index (Phi) is 3.96. The summed E-state index contributed by atoms with van der Waals surface area (Å²) in [6.45, 7) is 2.10. The zero-order chi connectivity index (χ0) is 15.4. The molecule has 0 saturated carbocycles. The van der Waals surface area contributed by atoms with E-state index in [2.05, 4.69) is 22.2 Å². The van der Waals surface area contributed by atoms with Crippen LogP contribution in [-0.4, -0.2) is 20.4 Å². The number of hydrogen-bond acceptors (Lipinski definition) is 3. The number of imidazole rings is 1. The molecule has 0 aliphatic carbocycles. The highest BCUT2D eigenvalue weighted by molar-refractivity contribution is 6.04. The van der Waals surface area contributed by atoms with E-state index in [0.29, 0.717) is 5.56 Å². The Hall–Kier alpha value is -2.95. The van der Waals surface area contributed by atoms with Crippen molar-refractivity contribution in [2.45, 2.75) is 13.3 Å². The Bertz CT molecular complexity index is 746. The molecule has 3 rings (SSSR count). The van der Waals surface area contributed by atoms with E-state index in [0.717, 1.165) is 17.9 Å². The van der Waals surface area contributed by atoms with Gasteiger partial charge in [0.2, 0.25) is 0 Å². The van der Waals surface area contributed by atoms with Crippen LogP contribution in [0.5, 0.6) is 0 Å². The van der Waals surface area contributed by atoms with Crippen LogP contribution in [-0.2, 0) is 6.42 Å². The molecule has 1 amide bonds. The molecule has 0 fully saturated rings. The first kappa shape index (κ1) is 14.0. The van der Waals surface area contributed by atoms with Crippen LogP contribution < -0.4 is 5.32 Å². The van der Waals surface area contributed by atoms with Crippen LogP contribution in [0.4, 0.5) is 5.69 Å². The van der Waals surface area contributed by atoms with Gasteiger partial charge in [0.05, 0.1) is 5.56 Å². The van der Waals surface area contributed by atoms with Gasteiger partial charge in [-0.15, -0.1) is 0 Å². The second kappa shape index (κ2) is 6.22. The minimum Gasteiger partial charge on any atom is -0.322 e. The minimum atomic E-state index is -0.172. The number of carbonyl (C=O) groups excluding carboxylic acids is 1. The summed E-state index contributed by atoms with van der Waals surface area (Å²) in [6.07, 6.45) is 7.69. The molecule has 0 aliphatic heterocycles. The number of aryl methyl sites for hydroxylation is 1. The molecule has 3 aromatic rings. The van der Waals surface area contributed by atoms with E-state index in [9.17, 15) is 4.79 Å². The lowest BCUT2D eigenvalue weighted by Gasteiger charge is -2.07. The summed E-state index contributed by atoms with van der Waals surface area (Å²) < 4.78 is 1.78. The average molecular weight is 292 g/mol. The van der Waals surface area contributed by atoms with Crippen molar-refractivity contribution >= 4 is 11.6 Å². The monoisotopic (exact) mass is 292 g/mol. The molecule has 0 unspecified atom stereocenters. The molecule has 0 saturated heterocycles. The van der Waals surface area contributed by atoms with E-state index in [1.807, 2.05) is 24.3 Å². The third kappa shape index (κ3) is 3.03. The number of nitrogens with zero attached hydrogens (tertiary/aromatic N) is 3. The number of anilines is 1. The molecule has 22 heavy (non-hydrogen) atoms. The molecular formula is C17H16N4O. The maximum absolute atomic E-state index is 12.2.